The second-order valence-corrected chi connectivity index (χ2v) is 13.6. The van der Waals surface area contributed by atoms with E-state index in [0.29, 0.717) is 68.6 Å². The SMILES string of the molecule is Cc1cc(CNC(=O)c2nc3n(c(=O)c2O)CC2(N4CCN(C(=O)c5cccnc5)CC4)CCC3(N(C)C(=O)C(=O)N(C)C)CC2)ccc1F. The van der Waals surface area contributed by atoms with Gasteiger partial charge in [0.25, 0.3) is 17.4 Å². The van der Waals surface area contributed by atoms with E-state index >= 15 is 0 Å². The minimum absolute atomic E-state index is 0.0151. The highest BCUT2D eigenvalue weighted by molar-refractivity contribution is 6.34. The number of carbonyl (C=O) groups excluding carboxylic acids is 4. The number of hydrogen-bond acceptors (Lipinski definition) is 9. The van der Waals surface area contributed by atoms with Crippen LogP contribution in [0.5, 0.6) is 5.75 Å². The lowest BCUT2D eigenvalue weighted by Crippen LogP contribution is -2.61. The maximum Gasteiger partial charge on any atom is 0.312 e. The van der Waals surface area contributed by atoms with Crippen molar-refractivity contribution in [3.05, 3.63) is 87.1 Å². The minimum atomic E-state index is -1.24. The molecule has 5 heterocycles. The van der Waals surface area contributed by atoms with Crippen LogP contribution in [0.1, 0.15) is 63.5 Å². The molecule has 2 bridgehead atoms. The number of hydrogen-bond donors (Lipinski definition) is 2. The summed E-state index contributed by atoms with van der Waals surface area (Å²) in [7, 11) is 4.46. The molecule has 0 radical (unpaired) electrons. The Kier molecular flexibility index (Phi) is 9.20. The van der Waals surface area contributed by atoms with E-state index in [9.17, 15) is 33.5 Å². The van der Waals surface area contributed by atoms with Crippen LogP contribution in [0.25, 0.3) is 0 Å². The molecule has 1 saturated heterocycles. The van der Waals surface area contributed by atoms with Gasteiger partial charge in [-0.25, -0.2) is 9.37 Å². The fraction of sp³-hybridized carbons (Fsp3) is 0.457. The van der Waals surface area contributed by atoms with Crippen molar-refractivity contribution in [2.75, 3.05) is 47.3 Å². The van der Waals surface area contributed by atoms with E-state index in [4.69, 9.17) is 0 Å². The number of aromatic hydroxyl groups is 1. The number of likely N-dealkylation sites (N-methyl/N-ethyl adjacent to an activating group) is 2. The molecule has 0 spiro atoms. The smallest absolute Gasteiger partial charge is 0.312 e. The third-order valence-corrected chi connectivity index (χ3v) is 10.6. The van der Waals surface area contributed by atoms with E-state index in [1.54, 1.807) is 42.4 Å². The van der Waals surface area contributed by atoms with Crippen LogP contribution in [-0.2, 0) is 28.2 Å². The maximum absolute atomic E-state index is 14.1. The molecule has 0 unspecified atom stereocenters. The molecule has 1 aliphatic carbocycles. The van der Waals surface area contributed by atoms with Crippen LogP contribution in [0.3, 0.4) is 0 Å². The molecule has 50 heavy (non-hydrogen) atoms. The van der Waals surface area contributed by atoms with Crippen LogP contribution in [0.15, 0.2) is 47.5 Å². The molecule has 2 N–H and O–H groups in total. The number of halogens is 1. The molecule has 2 fully saturated rings. The number of nitrogens with zero attached hydrogens (tertiary/aromatic N) is 7. The van der Waals surface area contributed by atoms with Crippen LogP contribution in [0.2, 0.25) is 0 Å². The van der Waals surface area contributed by atoms with Crippen molar-refractivity contribution in [1.29, 1.82) is 0 Å². The quantitative estimate of drug-likeness (QED) is 0.363. The molecule has 4 amide bonds. The predicted molar refractivity (Wildman–Crippen MR) is 179 cm³/mol. The summed E-state index contributed by atoms with van der Waals surface area (Å²) in [5.41, 5.74) is -1.65. The highest BCUT2D eigenvalue weighted by Crippen LogP contribution is 2.50. The van der Waals surface area contributed by atoms with Gasteiger partial charge >= 0.3 is 11.8 Å². The van der Waals surface area contributed by atoms with Gasteiger partial charge in [0.05, 0.1) is 5.56 Å². The second kappa shape index (κ2) is 13.3. The van der Waals surface area contributed by atoms with Gasteiger partial charge in [0.2, 0.25) is 5.75 Å². The Hall–Kier alpha value is -5.18. The average Bonchev–Trinajstić information content (AvgIpc) is 3.37. The van der Waals surface area contributed by atoms with Crippen LogP contribution in [0.4, 0.5) is 4.39 Å². The zero-order valence-corrected chi connectivity index (χ0v) is 28.6. The average molecular weight is 689 g/mol. The molecule has 2 aromatic heterocycles. The largest absolute Gasteiger partial charge is 0.501 e. The topological polar surface area (TPSA) is 161 Å². The fourth-order valence-corrected chi connectivity index (χ4v) is 7.58. The standard InChI is InChI=1S/C35H41FN8O6/c1-22-18-23(7-8-25(22)36)19-38-28(46)26-27(45)30(48)44-21-34(43-16-14-42(15-17-43)29(47)24-6-5-13-37-20-24)9-11-35(12-10-34,33(44)39-26)41(4)32(50)31(49)40(2)3/h5-8,13,18,20,45H,9-12,14-17,19,21H2,1-4H3,(H,38,46). The molecule has 15 heteroatoms. The molecule has 3 aromatic rings. The molecule has 4 aliphatic rings. The van der Waals surface area contributed by atoms with Crippen molar-refractivity contribution >= 4 is 23.6 Å². The first-order valence-corrected chi connectivity index (χ1v) is 16.6. The van der Waals surface area contributed by atoms with Gasteiger partial charge in [0.1, 0.15) is 17.2 Å². The van der Waals surface area contributed by atoms with Gasteiger partial charge in [-0.2, -0.15) is 0 Å². The number of fused-ring (bicyclic) bond motifs is 2. The predicted octanol–water partition coefficient (Wildman–Crippen LogP) is 1.25. The normalized spacial score (nSPS) is 21.6. The number of amides is 4. The summed E-state index contributed by atoms with van der Waals surface area (Å²) in [6, 6.07) is 7.84. The fourth-order valence-electron chi connectivity index (χ4n) is 7.58. The molecule has 7 rings (SSSR count). The van der Waals surface area contributed by atoms with Crippen molar-refractivity contribution in [2.45, 2.75) is 56.8 Å². The van der Waals surface area contributed by atoms with Crippen molar-refractivity contribution in [3.8, 4) is 5.75 Å². The van der Waals surface area contributed by atoms with E-state index in [-0.39, 0.29) is 30.6 Å². The Morgan fingerprint density at radius 1 is 1.00 bits per heavy atom. The third-order valence-electron chi connectivity index (χ3n) is 10.6. The number of pyridine rings is 1. The summed E-state index contributed by atoms with van der Waals surface area (Å²) in [5.74, 6) is -3.57. The Bertz CT molecular complexity index is 1900. The van der Waals surface area contributed by atoms with E-state index in [1.807, 2.05) is 0 Å². The molecule has 14 nitrogen and oxygen atoms in total. The second-order valence-electron chi connectivity index (χ2n) is 13.6. The Morgan fingerprint density at radius 2 is 1.70 bits per heavy atom. The van der Waals surface area contributed by atoms with Crippen molar-refractivity contribution in [3.63, 3.8) is 0 Å². The van der Waals surface area contributed by atoms with Gasteiger partial charge in [-0.05, 0) is 61.9 Å². The zero-order chi connectivity index (χ0) is 36.0. The molecule has 1 aromatic carbocycles. The van der Waals surface area contributed by atoms with E-state index in [2.05, 4.69) is 20.2 Å². The maximum atomic E-state index is 14.1. The summed E-state index contributed by atoms with van der Waals surface area (Å²) < 4.78 is 15.2. The monoisotopic (exact) mass is 688 g/mol. The Morgan fingerprint density at radius 3 is 2.32 bits per heavy atom. The van der Waals surface area contributed by atoms with Crippen molar-refractivity contribution in [1.82, 2.24) is 39.5 Å². The number of nitrogens with one attached hydrogen (secondary N) is 1. The molecule has 3 aliphatic heterocycles. The molecular formula is C35H41FN8O6. The summed E-state index contributed by atoms with van der Waals surface area (Å²) in [5, 5.41) is 13.8. The van der Waals surface area contributed by atoms with Gasteiger partial charge in [0, 0.05) is 78.3 Å². The van der Waals surface area contributed by atoms with E-state index < -0.39 is 45.8 Å². The number of benzene rings is 1. The molecule has 1 saturated carbocycles. The zero-order valence-electron chi connectivity index (χ0n) is 28.6. The third kappa shape index (κ3) is 5.99. The van der Waals surface area contributed by atoms with Crippen LogP contribution in [0, 0.1) is 12.7 Å². The summed E-state index contributed by atoms with van der Waals surface area (Å²) in [4.78, 5) is 82.4. The lowest BCUT2D eigenvalue weighted by atomic mass is 9.71. The summed E-state index contributed by atoms with van der Waals surface area (Å²) in [6.07, 6.45) is 4.86. The molecule has 264 valence electrons. The van der Waals surface area contributed by atoms with Gasteiger partial charge in [-0.3, -0.25) is 38.4 Å². The summed E-state index contributed by atoms with van der Waals surface area (Å²) in [6.45, 7) is 3.67. The molecular weight excluding hydrogens is 647 g/mol. The lowest BCUT2D eigenvalue weighted by molar-refractivity contribution is -0.155. The number of aromatic nitrogens is 3. The van der Waals surface area contributed by atoms with Gasteiger partial charge < -0.3 is 25.1 Å². The minimum Gasteiger partial charge on any atom is -0.501 e. The van der Waals surface area contributed by atoms with Crippen LogP contribution >= 0.6 is 0 Å². The number of carbonyl (C=O) groups is 4. The first-order chi connectivity index (χ1) is 23.8. The van der Waals surface area contributed by atoms with Crippen LogP contribution in [-0.4, -0.2) is 116 Å². The first kappa shape index (κ1) is 34.7. The van der Waals surface area contributed by atoms with Crippen molar-refractivity contribution in [2.24, 2.45) is 0 Å². The van der Waals surface area contributed by atoms with Crippen molar-refractivity contribution < 1.29 is 28.7 Å². The number of aryl methyl sites for hydroxylation is 1. The molecule has 0 atom stereocenters. The van der Waals surface area contributed by atoms with Gasteiger partial charge in [-0.1, -0.05) is 12.1 Å². The van der Waals surface area contributed by atoms with E-state index in [1.165, 1.54) is 47.6 Å². The first-order valence-electron chi connectivity index (χ1n) is 16.6. The Labute approximate surface area is 288 Å². The number of rotatable bonds is 6. The number of piperazine rings is 1. The highest BCUT2D eigenvalue weighted by atomic mass is 19.1. The van der Waals surface area contributed by atoms with Gasteiger partial charge in [0.15, 0.2) is 5.69 Å². The van der Waals surface area contributed by atoms with Gasteiger partial charge in [-0.15, -0.1) is 0 Å². The summed E-state index contributed by atoms with van der Waals surface area (Å²) >= 11 is 0. The highest BCUT2D eigenvalue weighted by Gasteiger charge is 2.56. The van der Waals surface area contributed by atoms with E-state index in [0.717, 1.165) is 0 Å². The lowest BCUT2D eigenvalue weighted by Gasteiger charge is -2.52. The Balaban J connectivity index is 1.34. The van der Waals surface area contributed by atoms with Crippen LogP contribution < -0.4 is 10.9 Å².